The summed E-state index contributed by atoms with van der Waals surface area (Å²) in [6.07, 6.45) is 8.59. The lowest BCUT2D eigenvalue weighted by molar-refractivity contribution is -0.141. The van der Waals surface area contributed by atoms with Gasteiger partial charge in [0, 0.05) is 37.9 Å². The molecule has 0 aromatic carbocycles. The first-order valence-corrected chi connectivity index (χ1v) is 9.18. The zero-order valence-corrected chi connectivity index (χ0v) is 14.3. The van der Waals surface area contributed by atoms with Crippen LogP contribution in [0.25, 0.3) is 0 Å². The van der Waals surface area contributed by atoms with E-state index in [1.165, 1.54) is 0 Å². The maximum absolute atomic E-state index is 12.6. The second-order valence-electron chi connectivity index (χ2n) is 7.00. The Morgan fingerprint density at radius 2 is 2.08 bits per heavy atom. The molecule has 0 saturated carbocycles. The molecule has 2 aliphatic heterocycles. The van der Waals surface area contributed by atoms with E-state index in [0.29, 0.717) is 12.3 Å². The van der Waals surface area contributed by atoms with E-state index in [4.69, 9.17) is 0 Å². The van der Waals surface area contributed by atoms with Gasteiger partial charge in [0.2, 0.25) is 11.8 Å². The van der Waals surface area contributed by atoms with Gasteiger partial charge in [-0.25, -0.2) is 0 Å². The number of carbonyl (C=O) groups is 2. The minimum atomic E-state index is 0.107. The molecule has 24 heavy (non-hydrogen) atoms. The second kappa shape index (κ2) is 8.27. The zero-order chi connectivity index (χ0) is 16.8. The molecule has 0 bridgehead atoms. The number of hydrogen-bond acceptors (Lipinski definition) is 3. The van der Waals surface area contributed by atoms with Crippen LogP contribution >= 0.6 is 0 Å². The first-order chi connectivity index (χ1) is 11.7. The van der Waals surface area contributed by atoms with Crippen molar-refractivity contribution in [3.8, 4) is 0 Å². The lowest BCUT2D eigenvalue weighted by Gasteiger charge is -2.34. The Morgan fingerprint density at radius 1 is 1.17 bits per heavy atom. The van der Waals surface area contributed by atoms with Crippen molar-refractivity contribution in [3.05, 3.63) is 30.1 Å². The highest BCUT2D eigenvalue weighted by molar-refractivity contribution is 5.85. The minimum absolute atomic E-state index is 0.107. The normalized spacial score (nSPS) is 22.3. The standard InChI is InChI=1S/C19H27N3O2/c23-18-9-2-1-5-11-22(18)15-19(24)21-12-6-7-16(14-21)13-17-8-3-4-10-20-17/h3-4,8,10,16H,1-2,5-7,9,11-15H2. The van der Waals surface area contributed by atoms with Gasteiger partial charge in [-0.3, -0.25) is 14.6 Å². The topological polar surface area (TPSA) is 53.5 Å². The fourth-order valence-electron chi connectivity index (χ4n) is 3.74. The molecule has 2 fully saturated rings. The molecule has 0 aliphatic carbocycles. The molecule has 1 aromatic heterocycles. The molecule has 2 amide bonds. The third-order valence-electron chi connectivity index (χ3n) is 5.09. The van der Waals surface area contributed by atoms with Crippen molar-refractivity contribution in [3.63, 3.8) is 0 Å². The summed E-state index contributed by atoms with van der Waals surface area (Å²) >= 11 is 0. The molecule has 0 radical (unpaired) electrons. The van der Waals surface area contributed by atoms with E-state index in [9.17, 15) is 9.59 Å². The van der Waals surface area contributed by atoms with Gasteiger partial charge < -0.3 is 9.80 Å². The maximum atomic E-state index is 12.6. The van der Waals surface area contributed by atoms with E-state index in [0.717, 1.165) is 63.9 Å². The van der Waals surface area contributed by atoms with Crippen LogP contribution in [0.2, 0.25) is 0 Å². The Labute approximate surface area is 144 Å². The van der Waals surface area contributed by atoms with Gasteiger partial charge in [-0.15, -0.1) is 0 Å². The van der Waals surface area contributed by atoms with Crippen LogP contribution in [0.1, 0.15) is 44.2 Å². The molecule has 1 unspecified atom stereocenters. The molecule has 5 nitrogen and oxygen atoms in total. The van der Waals surface area contributed by atoms with Crippen molar-refractivity contribution in [2.24, 2.45) is 5.92 Å². The Hall–Kier alpha value is -1.91. The van der Waals surface area contributed by atoms with E-state index < -0.39 is 0 Å². The van der Waals surface area contributed by atoms with Gasteiger partial charge in [-0.1, -0.05) is 12.5 Å². The zero-order valence-electron chi connectivity index (χ0n) is 14.3. The molecular formula is C19H27N3O2. The smallest absolute Gasteiger partial charge is 0.242 e. The number of hydrogen-bond donors (Lipinski definition) is 0. The highest BCUT2D eigenvalue weighted by Gasteiger charge is 2.27. The summed E-state index contributed by atoms with van der Waals surface area (Å²) < 4.78 is 0. The van der Waals surface area contributed by atoms with Gasteiger partial charge in [-0.2, -0.15) is 0 Å². The van der Waals surface area contributed by atoms with Gasteiger partial charge in [0.05, 0.1) is 6.54 Å². The number of piperidine rings is 1. The summed E-state index contributed by atoms with van der Waals surface area (Å²) in [7, 11) is 0. The quantitative estimate of drug-likeness (QED) is 0.851. The van der Waals surface area contributed by atoms with E-state index in [-0.39, 0.29) is 18.4 Å². The summed E-state index contributed by atoms with van der Waals surface area (Å²) in [5, 5.41) is 0. The fourth-order valence-corrected chi connectivity index (χ4v) is 3.74. The molecule has 3 heterocycles. The average Bonchev–Trinajstić information content (AvgIpc) is 2.81. The summed E-state index contributed by atoms with van der Waals surface area (Å²) in [6.45, 7) is 2.60. The van der Waals surface area contributed by atoms with E-state index in [2.05, 4.69) is 11.1 Å². The monoisotopic (exact) mass is 329 g/mol. The molecule has 1 aromatic rings. The van der Waals surface area contributed by atoms with E-state index in [1.807, 2.05) is 23.2 Å². The van der Waals surface area contributed by atoms with Gasteiger partial charge in [0.25, 0.3) is 0 Å². The third-order valence-corrected chi connectivity index (χ3v) is 5.09. The number of aromatic nitrogens is 1. The Balaban J connectivity index is 1.53. The summed E-state index contributed by atoms with van der Waals surface area (Å²) in [4.78, 5) is 32.8. The molecule has 2 aliphatic rings. The molecular weight excluding hydrogens is 302 g/mol. The van der Waals surface area contributed by atoms with E-state index in [1.54, 1.807) is 4.90 Å². The first kappa shape index (κ1) is 16.9. The molecule has 2 saturated heterocycles. The third kappa shape index (κ3) is 4.56. The number of pyridine rings is 1. The highest BCUT2D eigenvalue weighted by Crippen LogP contribution is 2.21. The van der Waals surface area contributed by atoms with Crippen LogP contribution in [-0.4, -0.2) is 52.8 Å². The Bertz CT molecular complexity index is 561. The molecule has 0 N–H and O–H groups in total. The van der Waals surface area contributed by atoms with Crippen LogP contribution in [-0.2, 0) is 16.0 Å². The Kier molecular flexibility index (Phi) is 5.83. The number of rotatable bonds is 4. The maximum Gasteiger partial charge on any atom is 0.242 e. The van der Waals surface area contributed by atoms with Crippen molar-refractivity contribution in [2.75, 3.05) is 26.2 Å². The van der Waals surface area contributed by atoms with Gasteiger partial charge >= 0.3 is 0 Å². The molecule has 5 heteroatoms. The summed E-state index contributed by atoms with van der Waals surface area (Å²) in [6, 6.07) is 5.99. The largest absolute Gasteiger partial charge is 0.341 e. The van der Waals surface area contributed by atoms with Crippen LogP contribution < -0.4 is 0 Å². The summed E-state index contributed by atoms with van der Waals surface area (Å²) in [5.74, 6) is 0.719. The number of likely N-dealkylation sites (tertiary alicyclic amines) is 2. The lowest BCUT2D eigenvalue weighted by Crippen LogP contribution is -2.46. The SMILES string of the molecule is O=C1CCCCCN1CC(=O)N1CCCC(Cc2ccccn2)C1. The van der Waals surface area contributed by atoms with Crippen LogP contribution in [0.3, 0.4) is 0 Å². The van der Waals surface area contributed by atoms with Crippen LogP contribution in [0.4, 0.5) is 0 Å². The molecule has 1 atom stereocenters. The lowest BCUT2D eigenvalue weighted by atomic mass is 9.93. The number of amides is 2. The van der Waals surface area contributed by atoms with Crippen molar-refractivity contribution < 1.29 is 9.59 Å². The van der Waals surface area contributed by atoms with Crippen LogP contribution in [0, 0.1) is 5.92 Å². The van der Waals surface area contributed by atoms with Gasteiger partial charge in [0.15, 0.2) is 0 Å². The average molecular weight is 329 g/mol. The van der Waals surface area contributed by atoms with Crippen molar-refractivity contribution >= 4 is 11.8 Å². The summed E-state index contributed by atoms with van der Waals surface area (Å²) in [5.41, 5.74) is 1.10. The number of nitrogens with zero attached hydrogens (tertiary/aromatic N) is 3. The van der Waals surface area contributed by atoms with Crippen molar-refractivity contribution in [1.29, 1.82) is 0 Å². The predicted octanol–water partition coefficient (Wildman–Crippen LogP) is 2.27. The molecule has 0 spiro atoms. The Morgan fingerprint density at radius 3 is 2.92 bits per heavy atom. The van der Waals surface area contributed by atoms with Crippen LogP contribution in [0.5, 0.6) is 0 Å². The number of carbonyl (C=O) groups excluding carboxylic acids is 2. The highest BCUT2D eigenvalue weighted by atomic mass is 16.2. The van der Waals surface area contributed by atoms with Crippen molar-refractivity contribution in [1.82, 2.24) is 14.8 Å². The van der Waals surface area contributed by atoms with Crippen molar-refractivity contribution in [2.45, 2.75) is 44.9 Å². The van der Waals surface area contributed by atoms with E-state index >= 15 is 0 Å². The minimum Gasteiger partial charge on any atom is -0.341 e. The van der Waals surface area contributed by atoms with Gasteiger partial charge in [-0.05, 0) is 50.2 Å². The molecule has 3 rings (SSSR count). The molecule has 130 valence electrons. The second-order valence-corrected chi connectivity index (χ2v) is 7.00. The fraction of sp³-hybridized carbons (Fsp3) is 0.632. The first-order valence-electron chi connectivity index (χ1n) is 9.18. The van der Waals surface area contributed by atoms with Crippen LogP contribution in [0.15, 0.2) is 24.4 Å². The van der Waals surface area contributed by atoms with Gasteiger partial charge in [0.1, 0.15) is 0 Å². The predicted molar refractivity (Wildman–Crippen MR) is 92.3 cm³/mol.